The monoisotopic (exact) mass is 410 g/mol. The van der Waals surface area contributed by atoms with Crippen LogP contribution < -0.4 is 15.2 Å². The van der Waals surface area contributed by atoms with Gasteiger partial charge in [0, 0.05) is 19.0 Å². The molecule has 2 atom stereocenters. The van der Waals surface area contributed by atoms with Gasteiger partial charge in [-0.05, 0) is 44.4 Å². The second-order valence-corrected chi connectivity index (χ2v) is 6.56. The van der Waals surface area contributed by atoms with E-state index < -0.39 is 30.9 Å². The molecule has 1 aromatic rings. The number of carbonyl (C=O) groups is 3. The lowest BCUT2D eigenvalue weighted by molar-refractivity contribution is -0.154. The molecule has 10 nitrogen and oxygen atoms in total. The van der Waals surface area contributed by atoms with E-state index in [2.05, 4.69) is 0 Å². The molecule has 1 aromatic carbocycles. The number of hydrogen-bond donors (Lipinski definition) is 2. The Labute approximate surface area is 168 Å². The molecule has 0 fully saturated rings. The summed E-state index contributed by atoms with van der Waals surface area (Å²) >= 11 is 0. The fraction of sp³-hybridized carbons (Fsp3) is 0.526. The number of hydrogen-bond acceptors (Lipinski definition) is 8. The van der Waals surface area contributed by atoms with Crippen molar-refractivity contribution < 1.29 is 38.4 Å². The van der Waals surface area contributed by atoms with E-state index in [0.717, 1.165) is 5.56 Å². The van der Waals surface area contributed by atoms with Crippen molar-refractivity contribution >= 4 is 18.0 Å². The number of carbonyl (C=O) groups excluding carboxylic acids is 2. The van der Waals surface area contributed by atoms with E-state index in [9.17, 15) is 14.4 Å². The van der Waals surface area contributed by atoms with Gasteiger partial charge in [-0.2, -0.15) is 0 Å². The minimum absolute atomic E-state index is 0.0598. The summed E-state index contributed by atoms with van der Waals surface area (Å²) in [4.78, 5) is 36.0. The van der Waals surface area contributed by atoms with Crippen molar-refractivity contribution in [1.29, 1.82) is 0 Å². The SMILES string of the molecule is CCN(C(=O)OCOC(=O)C(N)CCC(=O)O)C(C)Cc1ccc2c(c1)OCO2. The summed E-state index contributed by atoms with van der Waals surface area (Å²) in [7, 11) is 0. The lowest BCUT2D eigenvalue weighted by atomic mass is 10.1. The fourth-order valence-corrected chi connectivity index (χ4v) is 2.86. The van der Waals surface area contributed by atoms with Crippen LogP contribution in [0.5, 0.6) is 11.5 Å². The first-order valence-electron chi connectivity index (χ1n) is 9.27. The van der Waals surface area contributed by atoms with Crippen molar-refractivity contribution in [3.63, 3.8) is 0 Å². The molecule has 0 spiro atoms. The Kier molecular flexibility index (Phi) is 8.08. The number of carboxylic acids is 1. The minimum atomic E-state index is -1.09. The van der Waals surface area contributed by atoms with Gasteiger partial charge in [0.2, 0.25) is 13.6 Å². The Hall–Kier alpha value is -3.01. The number of likely N-dealkylation sites (N-methyl/N-ethyl adjacent to an activating group) is 1. The first kappa shape index (κ1) is 22.3. The minimum Gasteiger partial charge on any atom is -0.481 e. The van der Waals surface area contributed by atoms with Crippen LogP contribution in [0, 0.1) is 0 Å². The zero-order valence-corrected chi connectivity index (χ0v) is 16.5. The highest BCUT2D eigenvalue weighted by molar-refractivity contribution is 5.76. The molecular formula is C19H26N2O8. The fourth-order valence-electron chi connectivity index (χ4n) is 2.86. The van der Waals surface area contributed by atoms with Crippen molar-refractivity contribution in [1.82, 2.24) is 4.90 Å². The van der Waals surface area contributed by atoms with Gasteiger partial charge in [0.05, 0.1) is 0 Å². The molecule has 0 aliphatic carbocycles. The van der Waals surface area contributed by atoms with Crippen LogP contribution in [0.2, 0.25) is 0 Å². The first-order valence-corrected chi connectivity index (χ1v) is 9.27. The number of aliphatic carboxylic acids is 1. The Morgan fingerprint density at radius 2 is 1.97 bits per heavy atom. The van der Waals surface area contributed by atoms with Crippen LogP contribution in [0.1, 0.15) is 32.3 Å². The predicted octanol–water partition coefficient (Wildman–Crippen LogP) is 1.50. The summed E-state index contributed by atoms with van der Waals surface area (Å²) in [5.74, 6) is -0.520. The molecule has 0 saturated carbocycles. The molecule has 2 unspecified atom stereocenters. The quantitative estimate of drug-likeness (QED) is 0.434. The van der Waals surface area contributed by atoms with Crippen LogP contribution in [-0.4, -0.2) is 60.3 Å². The average molecular weight is 410 g/mol. The molecule has 0 saturated heterocycles. The summed E-state index contributed by atoms with van der Waals surface area (Å²) in [6.45, 7) is 3.69. The van der Waals surface area contributed by atoms with Crippen molar-refractivity contribution in [2.75, 3.05) is 20.1 Å². The molecule has 3 N–H and O–H groups in total. The van der Waals surface area contributed by atoms with E-state index in [1.807, 2.05) is 32.0 Å². The van der Waals surface area contributed by atoms with Crippen LogP contribution in [0.4, 0.5) is 4.79 Å². The highest BCUT2D eigenvalue weighted by atomic mass is 16.7. The number of benzene rings is 1. The van der Waals surface area contributed by atoms with Gasteiger partial charge >= 0.3 is 18.0 Å². The molecule has 1 aliphatic rings. The molecule has 0 bridgehead atoms. The second-order valence-electron chi connectivity index (χ2n) is 6.56. The number of nitrogens with two attached hydrogens (primary N) is 1. The molecule has 2 rings (SSSR count). The van der Waals surface area contributed by atoms with Gasteiger partial charge < -0.3 is 34.7 Å². The number of rotatable bonds is 10. The van der Waals surface area contributed by atoms with Crippen LogP contribution in [0.3, 0.4) is 0 Å². The summed E-state index contributed by atoms with van der Waals surface area (Å²) in [5.41, 5.74) is 6.51. The van der Waals surface area contributed by atoms with E-state index in [1.165, 1.54) is 4.90 Å². The van der Waals surface area contributed by atoms with Crippen molar-refractivity contribution in [3.8, 4) is 11.5 Å². The maximum absolute atomic E-state index is 12.3. The second kappa shape index (κ2) is 10.5. The topological polar surface area (TPSA) is 138 Å². The third-order valence-electron chi connectivity index (χ3n) is 4.43. The summed E-state index contributed by atoms with van der Waals surface area (Å²) in [5, 5.41) is 8.59. The van der Waals surface area contributed by atoms with E-state index in [1.54, 1.807) is 0 Å². The van der Waals surface area contributed by atoms with Crippen molar-refractivity contribution in [2.45, 2.75) is 45.2 Å². The average Bonchev–Trinajstić information content (AvgIpc) is 3.14. The Balaban J connectivity index is 1.80. The Bertz CT molecular complexity index is 739. The number of esters is 1. The van der Waals surface area contributed by atoms with Crippen molar-refractivity contribution in [2.24, 2.45) is 5.73 Å². The van der Waals surface area contributed by atoms with Gasteiger partial charge in [0.15, 0.2) is 11.5 Å². The van der Waals surface area contributed by atoms with E-state index in [0.29, 0.717) is 24.5 Å². The predicted molar refractivity (Wildman–Crippen MR) is 100 cm³/mol. The largest absolute Gasteiger partial charge is 0.481 e. The van der Waals surface area contributed by atoms with Crippen LogP contribution in [0.25, 0.3) is 0 Å². The number of nitrogens with zero attached hydrogens (tertiary/aromatic N) is 1. The lowest BCUT2D eigenvalue weighted by Crippen LogP contribution is -2.41. The molecule has 29 heavy (non-hydrogen) atoms. The van der Waals surface area contributed by atoms with E-state index in [-0.39, 0.29) is 25.7 Å². The number of carboxylic acid groups (broad SMARTS) is 1. The molecule has 1 aliphatic heterocycles. The number of fused-ring (bicyclic) bond motifs is 1. The molecular weight excluding hydrogens is 384 g/mol. The normalized spacial score (nSPS) is 14.0. The highest BCUT2D eigenvalue weighted by Gasteiger charge is 2.23. The third kappa shape index (κ3) is 6.53. The lowest BCUT2D eigenvalue weighted by Gasteiger charge is -2.27. The van der Waals surface area contributed by atoms with Gasteiger partial charge in [0.25, 0.3) is 0 Å². The standard InChI is InChI=1S/C19H26N2O8/c1-3-21(12(2)8-13-4-6-15-16(9-13)27-10-26-15)19(25)29-11-28-18(24)14(20)5-7-17(22)23/h4,6,9,12,14H,3,5,7-8,10-11,20H2,1-2H3,(H,22,23). The smallest absolute Gasteiger partial charge is 0.412 e. The van der Waals surface area contributed by atoms with E-state index in [4.69, 9.17) is 29.8 Å². The van der Waals surface area contributed by atoms with E-state index >= 15 is 0 Å². The molecule has 0 aromatic heterocycles. The number of ether oxygens (including phenoxy) is 4. The zero-order chi connectivity index (χ0) is 21.4. The maximum Gasteiger partial charge on any atom is 0.412 e. The van der Waals surface area contributed by atoms with Gasteiger partial charge in [0.1, 0.15) is 6.04 Å². The van der Waals surface area contributed by atoms with Gasteiger partial charge in [-0.3, -0.25) is 9.59 Å². The third-order valence-corrected chi connectivity index (χ3v) is 4.43. The molecule has 1 amide bonds. The molecule has 0 radical (unpaired) electrons. The molecule has 1 heterocycles. The van der Waals surface area contributed by atoms with Crippen LogP contribution >= 0.6 is 0 Å². The van der Waals surface area contributed by atoms with Gasteiger partial charge in [-0.15, -0.1) is 0 Å². The van der Waals surface area contributed by atoms with Crippen molar-refractivity contribution in [3.05, 3.63) is 23.8 Å². The number of amides is 1. The zero-order valence-electron chi connectivity index (χ0n) is 16.5. The molecule has 10 heteroatoms. The summed E-state index contributed by atoms with van der Waals surface area (Å²) in [6, 6.07) is 4.34. The maximum atomic E-state index is 12.3. The Morgan fingerprint density at radius 1 is 1.24 bits per heavy atom. The van der Waals surface area contributed by atoms with Crippen LogP contribution in [0.15, 0.2) is 18.2 Å². The van der Waals surface area contributed by atoms with Gasteiger partial charge in [-0.25, -0.2) is 4.79 Å². The van der Waals surface area contributed by atoms with Gasteiger partial charge in [-0.1, -0.05) is 6.07 Å². The Morgan fingerprint density at radius 3 is 2.66 bits per heavy atom. The summed E-state index contributed by atoms with van der Waals surface area (Å²) in [6.07, 6.45) is -0.376. The highest BCUT2D eigenvalue weighted by Crippen LogP contribution is 2.33. The summed E-state index contributed by atoms with van der Waals surface area (Å²) < 4.78 is 20.4. The van der Waals surface area contributed by atoms with Crippen LogP contribution in [-0.2, 0) is 25.5 Å². The first-order chi connectivity index (χ1) is 13.8. The molecule has 160 valence electrons.